The summed E-state index contributed by atoms with van der Waals surface area (Å²) < 4.78 is 18.6. The standard InChI is InChI=1S/C28H31N3O5S/c1-7-30(8-2)27(33)24-17(3)29-28-31(25(24)20-11-9-10-12-22(20)36-6)26(32)23(37-28)16-18-15-19(34-4)13-14-21(18)35-5/h9-16,25H,7-8H2,1-6H3/b23-16+/t25-/m1/s1. The molecule has 0 saturated heterocycles. The molecule has 0 spiro atoms. The minimum atomic E-state index is -0.685. The number of carbonyl (C=O) groups is 1. The minimum Gasteiger partial charge on any atom is -0.497 e. The molecule has 0 aliphatic carbocycles. The van der Waals surface area contributed by atoms with E-state index in [-0.39, 0.29) is 11.5 Å². The van der Waals surface area contributed by atoms with E-state index < -0.39 is 6.04 Å². The van der Waals surface area contributed by atoms with Gasteiger partial charge in [0, 0.05) is 24.2 Å². The van der Waals surface area contributed by atoms with Gasteiger partial charge in [0.05, 0.1) is 37.1 Å². The number of carbonyl (C=O) groups excluding carboxylic acids is 1. The summed E-state index contributed by atoms with van der Waals surface area (Å²) in [6, 6.07) is 12.2. The van der Waals surface area contributed by atoms with E-state index in [2.05, 4.69) is 0 Å². The number of hydrogen-bond donors (Lipinski definition) is 0. The number of amides is 1. The van der Waals surface area contributed by atoms with Crippen molar-refractivity contribution in [1.82, 2.24) is 9.47 Å². The van der Waals surface area contributed by atoms with Gasteiger partial charge in [-0.1, -0.05) is 29.5 Å². The molecule has 0 unspecified atom stereocenters. The second kappa shape index (κ2) is 11.0. The first-order chi connectivity index (χ1) is 17.9. The van der Waals surface area contributed by atoms with Gasteiger partial charge >= 0.3 is 0 Å². The molecule has 8 nitrogen and oxygen atoms in total. The van der Waals surface area contributed by atoms with E-state index in [1.165, 1.54) is 11.3 Å². The summed E-state index contributed by atoms with van der Waals surface area (Å²) >= 11 is 1.27. The van der Waals surface area contributed by atoms with Crippen molar-refractivity contribution in [2.45, 2.75) is 26.8 Å². The fraction of sp³-hybridized carbons (Fsp3) is 0.321. The molecule has 0 fully saturated rings. The Balaban J connectivity index is 2.01. The smallest absolute Gasteiger partial charge is 0.271 e. The molecule has 1 amide bonds. The molecular formula is C28H31N3O5S. The van der Waals surface area contributed by atoms with Gasteiger partial charge in [0.15, 0.2) is 4.80 Å². The normalized spacial score (nSPS) is 15.2. The van der Waals surface area contributed by atoms with Crippen molar-refractivity contribution in [2.24, 2.45) is 4.99 Å². The van der Waals surface area contributed by atoms with E-state index in [1.807, 2.05) is 51.1 Å². The van der Waals surface area contributed by atoms with Crippen LogP contribution in [0.3, 0.4) is 0 Å². The first kappa shape index (κ1) is 26.2. The molecule has 1 aliphatic rings. The van der Waals surface area contributed by atoms with Gasteiger partial charge in [-0.25, -0.2) is 4.99 Å². The van der Waals surface area contributed by atoms with Crippen LogP contribution in [-0.4, -0.2) is 49.8 Å². The van der Waals surface area contributed by atoms with Crippen LogP contribution in [0.4, 0.5) is 0 Å². The van der Waals surface area contributed by atoms with Crippen LogP contribution in [0.5, 0.6) is 17.2 Å². The Morgan fingerprint density at radius 1 is 1.05 bits per heavy atom. The third-order valence-electron chi connectivity index (χ3n) is 6.46. The SMILES string of the molecule is CCN(CC)C(=O)C1=C(C)N=c2s/c(=C/c3cc(OC)ccc3OC)c(=O)n2[C@@H]1c1ccccc1OC. The summed E-state index contributed by atoms with van der Waals surface area (Å²) in [6.45, 7) is 6.79. The van der Waals surface area contributed by atoms with Crippen LogP contribution in [0.25, 0.3) is 6.08 Å². The maximum atomic E-state index is 14.0. The minimum absolute atomic E-state index is 0.147. The van der Waals surface area contributed by atoms with Crippen LogP contribution < -0.4 is 29.1 Å². The molecule has 1 atom stereocenters. The Bertz CT molecular complexity index is 1530. The summed E-state index contributed by atoms with van der Waals surface area (Å²) in [4.78, 5) is 34.7. The number of likely N-dealkylation sites (N-methyl/N-ethyl adjacent to an activating group) is 1. The number of thiazole rings is 1. The molecule has 2 heterocycles. The Morgan fingerprint density at radius 3 is 2.41 bits per heavy atom. The lowest BCUT2D eigenvalue weighted by molar-refractivity contribution is -0.127. The monoisotopic (exact) mass is 521 g/mol. The lowest BCUT2D eigenvalue weighted by Gasteiger charge is -2.29. The van der Waals surface area contributed by atoms with Gasteiger partial charge in [-0.3, -0.25) is 14.2 Å². The Hall–Kier alpha value is -3.85. The highest BCUT2D eigenvalue weighted by atomic mass is 32.1. The first-order valence-corrected chi connectivity index (χ1v) is 12.9. The maximum absolute atomic E-state index is 14.0. The number of benzene rings is 2. The van der Waals surface area contributed by atoms with Gasteiger partial charge in [-0.2, -0.15) is 0 Å². The van der Waals surface area contributed by atoms with Crippen molar-refractivity contribution in [3.63, 3.8) is 0 Å². The van der Waals surface area contributed by atoms with E-state index >= 15 is 0 Å². The second-order valence-electron chi connectivity index (χ2n) is 8.41. The third-order valence-corrected chi connectivity index (χ3v) is 7.44. The number of hydrogen-bond acceptors (Lipinski definition) is 7. The zero-order valence-electron chi connectivity index (χ0n) is 21.9. The number of allylic oxidation sites excluding steroid dienone is 1. The van der Waals surface area contributed by atoms with Gasteiger partial charge in [-0.15, -0.1) is 0 Å². The van der Waals surface area contributed by atoms with Crippen molar-refractivity contribution in [3.05, 3.63) is 84.5 Å². The molecule has 0 N–H and O–H groups in total. The summed E-state index contributed by atoms with van der Waals surface area (Å²) in [5.74, 6) is 1.71. The molecule has 0 bridgehead atoms. The number of ether oxygens (including phenoxy) is 3. The second-order valence-corrected chi connectivity index (χ2v) is 9.42. The summed E-state index contributed by atoms with van der Waals surface area (Å²) in [6.07, 6.45) is 1.77. The number of aromatic nitrogens is 1. The van der Waals surface area contributed by atoms with Gasteiger partial charge in [0.1, 0.15) is 23.3 Å². The van der Waals surface area contributed by atoms with E-state index in [1.54, 1.807) is 49.0 Å². The van der Waals surface area contributed by atoms with E-state index in [0.717, 1.165) is 5.56 Å². The molecule has 37 heavy (non-hydrogen) atoms. The average Bonchev–Trinajstić information content (AvgIpc) is 3.22. The Labute approximate surface area is 219 Å². The lowest BCUT2D eigenvalue weighted by Crippen LogP contribution is -2.43. The maximum Gasteiger partial charge on any atom is 0.271 e. The topological polar surface area (TPSA) is 82.4 Å². The summed E-state index contributed by atoms with van der Waals surface area (Å²) in [7, 11) is 4.75. The average molecular weight is 522 g/mol. The van der Waals surface area contributed by atoms with Gasteiger partial charge in [-0.05, 0) is 51.1 Å². The molecular weight excluding hydrogens is 490 g/mol. The number of methoxy groups -OCH3 is 3. The molecule has 1 aromatic heterocycles. The highest BCUT2D eigenvalue weighted by Gasteiger charge is 2.35. The number of nitrogens with zero attached hydrogens (tertiary/aromatic N) is 3. The van der Waals surface area contributed by atoms with Gasteiger partial charge in [0.25, 0.3) is 11.5 Å². The van der Waals surface area contributed by atoms with Crippen molar-refractivity contribution in [3.8, 4) is 17.2 Å². The predicted octanol–water partition coefficient (Wildman–Crippen LogP) is 3.13. The van der Waals surface area contributed by atoms with Crippen LogP contribution in [-0.2, 0) is 4.79 Å². The largest absolute Gasteiger partial charge is 0.497 e. The van der Waals surface area contributed by atoms with E-state index in [0.29, 0.717) is 56.5 Å². The third kappa shape index (κ3) is 4.79. The van der Waals surface area contributed by atoms with Crippen LogP contribution in [0.15, 0.2) is 63.5 Å². The molecule has 0 saturated carbocycles. The van der Waals surface area contributed by atoms with Crippen molar-refractivity contribution >= 4 is 23.3 Å². The molecule has 4 rings (SSSR count). The number of rotatable bonds is 8. The highest BCUT2D eigenvalue weighted by molar-refractivity contribution is 7.07. The summed E-state index contributed by atoms with van der Waals surface area (Å²) in [5.41, 5.74) is 2.23. The molecule has 0 radical (unpaired) electrons. The highest BCUT2D eigenvalue weighted by Crippen LogP contribution is 2.36. The molecule has 1 aliphatic heterocycles. The number of para-hydroxylation sites is 1. The fourth-order valence-corrected chi connectivity index (χ4v) is 5.59. The van der Waals surface area contributed by atoms with Crippen molar-refractivity contribution in [2.75, 3.05) is 34.4 Å². The zero-order chi connectivity index (χ0) is 26.7. The molecule has 9 heteroatoms. The van der Waals surface area contributed by atoms with Crippen LogP contribution in [0, 0.1) is 0 Å². The van der Waals surface area contributed by atoms with E-state index in [9.17, 15) is 9.59 Å². The fourth-order valence-electron chi connectivity index (χ4n) is 4.56. The van der Waals surface area contributed by atoms with Crippen LogP contribution in [0.2, 0.25) is 0 Å². The molecule has 2 aromatic carbocycles. The molecule has 194 valence electrons. The van der Waals surface area contributed by atoms with Crippen molar-refractivity contribution in [1.29, 1.82) is 0 Å². The summed E-state index contributed by atoms with van der Waals surface area (Å²) in [5, 5.41) is 0. The Kier molecular flexibility index (Phi) is 7.83. The lowest BCUT2D eigenvalue weighted by atomic mass is 9.94. The first-order valence-electron chi connectivity index (χ1n) is 12.0. The number of fused-ring (bicyclic) bond motifs is 1. The zero-order valence-corrected chi connectivity index (χ0v) is 22.7. The predicted molar refractivity (Wildman–Crippen MR) is 144 cm³/mol. The van der Waals surface area contributed by atoms with Crippen LogP contribution >= 0.6 is 11.3 Å². The Morgan fingerprint density at radius 2 is 1.76 bits per heavy atom. The molecule has 3 aromatic rings. The van der Waals surface area contributed by atoms with E-state index in [4.69, 9.17) is 19.2 Å². The van der Waals surface area contributed by atoms with Gasteiger partial charge < -0.3 is 19.1 Å². The van der Waals surface area contributed by atoms with Gasteiger partial charge in [0.2, 0.25) is 0 Å². The van der Waals surface area contributed by atoms with Crippen molar-refractivity contribution < 1.29 is 19.0 Å². The quantitative estimate of drug-likeness (QED) is 0.455. The van der Waals surface area contributed by atoms with Crippen LogP contribution in [0.1, 0.15) is 37.9 Å².